The van der Waals surface area contributed by atoms with Gasteiger partial charge in [-0.05, 0) is 30.0 Å². The van der Waals surface area contributed by atoms with Gasteiger partial charge in [0, 0.05) is 18.7 Å². The highest BCUT2D eigenvalue weighted by Gasteiger charge is 2.24. The fourth-order valence-corrected chi connectivity index (χ4v) is 1.87. The normalized spacial score (nSPS) is 16.9. The summed E-state index contributed by atoms with van der Waals surface area (Å²) < 4.78 is 0. The van der Waals surface area contributed by atoms with Crippen molar-refractivity contribution in [2.24, 2.45) is 11.7 Å². The van der Waals surface area contributed by atoms with Crippen molar-refractivity contribution >= 4 is 11.6 Å². The van der Waals surface area contributed by atoms with E-state index >= 15 is 0 Å². The smallest absolute Gasteiger partial charge is 0.221 e. The molecule has 3 nitrogen and oxygen atoms in total. The van der Waals surface area contributed by atoms with Crippen molar-refractivity contribution in [3.05, 3.63) is 29.8 Å². The Bertz CT molecular complexity index is 368. The van der Waals surface area contributed by atoms with E-state index in [-0.39, 0.29) is 11.9 Å². The largest absolute Gasteiger partial charge is 0.326 e. The summed E-state index contributed by atoms with van der Waals surface area (Å²) in [4.78, 5) is 10.8. The lowest BCUT2D eigenvalue weighted by Crippen LogP contribution is -2.11. The second-order valence-electron chi connectivity index (χ2n) is 4.59. The van der Waals surface area contributed by atoms with Crippen LogP contribution in [0.3, 0.4) is 0 Å². The summed E-state index contributed by atoms with van der Waals surface area (Å²) in [5.74, 6) is 0.792. The average molecular weight is 218 g/mol. The quantitative estimate of drug-likeness (QED) is 0.815. The van der Waals surface area contributed by atoms with Gasteiger partial charge in [-0.1, -0.05) is 25.0 Å². The highest BCUT2D eigenvalue weighted by molar-refractivity contribution is 5.88. The van der Waals surface area contributed by atoms with Crippen molar-refractivity contribution in [3.63, 3.8) is 0 Å². The van der Waals surface area contributed by atoms with Gasteiger partial charge in [0.1, 0.15) is 0 Å². The van der Waals surface area contributed by atoms with Crippen LogP contribution in [0.1, 0.15) is 37.8 Å². The third-order valence-corrected chi connectivity index (χ3v) is 2.94. The summed E-state index contributed by atoms with van der Waals surface area (Å²) in [5, 5.41) is 2.74. The standard InChI is InChI=1S/C13H18N2O/c1-9(16)15-12-6-4-11(5-7-12)13(14)8-10-2-3-10/h4-7,10,13H,2-3,8,14H2,1H3,(H,15,16)/t13-/m0/s1. The lowest BCUT2D eigenvalue weighted by atomic mass is 10.0. The zero-order chi connectivity index (χ0) is 11.5. The minimum Gasteiger partial charge on any atom is -0.326 e. The summed E-state index contributed by atoms with van der Waals surface area (Å²) in [6.07, 6.45) is 3.74. The molecule has 1 aliphatic carbocycles. The highest BCUT2D eigenvalue weighted by atomic mass is 16.1. The molecule has 0 saturated heterocycles. The molecule has 0 heterocycles. The van der Waals surface area contributed by atoms with Gasteiger partial charge in [-0.2, -0.15) is 0 Å². The van der Waals surface area contributed by atoms with E-state index in [4.69, 9.17) is 5.73 Å². The number of carbonyl (C=O) groups is 1. The van der Waals surface area contributed by atoms with Crippen molar-refractivity contribution in [3.8, 4) is 0 Å². The van der Waals surface area contributed by atoms with Crippen molar-refractivity contribution in [2.45, 2.75) is 32.2 Å². The number of hydrogen-bond acceptors (Lipinski definition) is 2. The zero-order valence-electron chi connectivity index (χ0n) is 9.57. The van der Waals surface area contributed by atoms with Crippen LogP contribution < -0.4 is 11.1 Å². The summed E-state index contributed by atoms with van der Waals surface area (Å²) >= 11 is 0. The number of amides is 1. The average Bonchev–Trinajstić information content (AvgIpc) is 3.01. The summed E-state index contributed by atoms with van der Waals surface area (Å²) in [5.41, 5.74) is 8.08. The minimum atomic E-state index is -0.0463. The Labute approximate surface area is 96.0 Å². The maximum absolute atomic E-state index is 10.8. The molecule has 3 N–H and O–H groups in total. The van der Waals surface area contributed by atoms with Crippen molar-refractivity contribution in [1.82, 2.24) is 0 Å². The van der Waals surface area contributed by atoms with E-state index in [9.17, 15) is 4.79 Å². The first-order valence-electron chi connectivity index (χ1n) is 5.78. The van der Waals surface area contributed by atoms with E-state index in [0.29, 0.717) is 0 Å². The molecule has 0 spiro atoms. The Morgan fingerprint density at radius 2 is 2.06 bits per heavy atom. The molecule has 2 rings (SSSR count). The molecule has 16 heavy (non-hydrogen) atoms. The number of rotatable bonds is 4. The van der Waals surface area contributed by atoms with Crippen LogP contribution in [0.4, 0.5) is 5.69 Å². The van der Waals surface area contributed by atoms with Gasteiger partial charge in [0.15, 0.2) is 0 Å². The second-order valence-corrected chi connectivity index (χ2v) is 4.59. The van der Waals surface area contributed by atoms with E-state index in [2.05, 4.69) is 5.32 Å². The molecule has 0 unspecified atom stereocenters. The van der Waals surface area contributed by atoms with Crippen molar-refractivity contribution in [1.29, 1.82) is 0 Å². The van der Waals surface area contributed by atoms with Crippen molar-refractivity contribution < 1.29 is 4.79 Å². The Morgan fingerprint density at radius 1 is 1.44 bits per heavy atom. The van der Waals surface area contributed by atoms with Gasteiger partial charge in [0.05, 0.1) is 0 Å². The van der Waals surface area contributed by atoms with Crippen LogP contribution in [0.2, 0.25) is 0 Å². The Balaban J connectivity index is 1.97. The lowest BCUT2D eigenvalue weighted by Gasteiger charge is -2.12. The van der Waals surface area contributed by atoms with Crippen LogP contribution in [-0.2, 0) is 4.79 Å². The third kappa shape index (κ3) is 3.07. The van der Waals surface area contributed by atoms with Gasteiger partial charge in [-0.25, -0.2) is 0 Å². The first-order chi connectivity index (χ1) is 7.65. The van der Waals surface area contributed by atoms with E-state index in [0.717, 1.165) is 23.6 Å². The molecular weight excluding hydrogens is 200 g/mol. The number of benzene rings is 1. The molecule has 1 aromatic rings. The number of nitrogens with two attached hydrogens (primary N) is 1. The zero-order valence-corrected chi connectivity index (χ0v) is 9.57. The Hall–Kier alpha value is -1.35. The van der Waals surface area contributed by atoms with Gasteiger partial charge in [0.2, 0.25) is 5.91 Å². The molecule has 3 heteroatoms. The first kappa shape index (κ1) is 11.1. The SMILES string of the molecule is CC(=O)Nc1ccc([C@@H](N)CC2CC2)cc1. The molecule has 1 amide bonds. The van der Waals surface area contributed by atoms with E-state index in [1.54, 1.807) is 0 Å². The molecule has 1 aromatic carbocycles. The van der Waals surface area contributed by atoms with Gasteiger partial charge in [-0.15, -0.1) is 0 Å². The molecule has 1 fully saturated rings. The van der Waals surface area contributed by atoms with E-state index in [1.165, 1.54) is 19.8 Å². The maximum atomic E-state index is 10.8. The molecule has 1 atom stereocenters. The first-order valence-corrected chi connectivity index (χ1v) is 5.78. The summed E-state index contributed by atoms with van der Waals surface area (Å²) in [7, 11) is 0. The number of anilines is 1. The van der Waals surface area contributed by atoms with E-state index < -0.39 is 0 Å². The second kappa shape index (κ2) is 4.66. The van der Waals surface area contributed by atoms with Crippen LogP contribution in [-0.4, -0.2) is 5.91 Å². The molecule has 1 aliphatic rings. The summed E-state index contributed by atoms with van der Waals surface area (Å²) in [6.45, 7) is 1.51. The fraction of sp³-hybridized carbons (Fsp3) is 0.462. The molecule has 0 radical (unpaired) electrons. The maximum Gasteiger partial charge on any atom is 0.221 e. The van der Waals surface area contributed by atoms with Crippen molar-refractivity contribution in [2.75, 3.05) is 5.32 Å². The van der Waals surface area contributed by atoms with Gasteiger partial charge in [-0.3, -0.25) is 4.79 Å². The van der Waals surface area contributed by atoms with Crippen LogP contribution >= 0.6 is 0 Å². The van der Waals surface area contributed by atoms with Gasteiger partial charge in [0.25, 0.3) is 0 Å². The number of hydrogen-bond donors (Lipinski definition) is 2. The third-order valence-electron chi connectivity index (χ3n) is 2.94. The predicted octanol–water partition coefficient (Wildman–Crippen LogP) is 2.44. The van der Waals surface area contributed by atoms with Crippen LogP contribution in [0.15, 0.2) is 24.3 Å². The number of carbonyl (C=O) groups excluding carboxylic acids is 1. The lowest BCUT2D eigenvalue weighted by molar-refractivity contribution is -0.114. The predicted molar refractivity (Wildman–Crippen MR) is 65.0 cm³/mol. The molecular formula is C13H18N2O. The van der Waals surface area contributed by atoms with Crippen LogP contribution in [0.5, 0.6) is 0 Å². The highest BCUT2D eigenvalue weighted by Crippen LogP contribution is 2.36. The van der Waals surface area contributed by atoms with E-state index in [1.807, 2.05) is 24.3 Å². The molecule has 0 aromatic heterocycles. The molecule has 86 valence electrons. The van der Waals surface area contributed by atoms with Crippen LogP contribution in [0.25, 0.3) is 0 Å². The summed E-state index contributed by atoms with van der Waals surface area (Å²) in [6, 6.07) is 7.95. The molecule has 0 aliphatic heterocycles. The number of nitrogens with one attached hydrogen (secondary N) is 1. The van der Waals surface area contributed by atoms with Gasteiger partial charge >= 0.3 is 0 Å². The fourth-order valence-electron chi connectivity index (χ4n) is 1.87. The molecule has 1 saturated carbocycles. The topological polar surface area (TPSA) is 55.1 Å². The Kier molecular flexibility index (Phi) is 3.25. The molecule has 0 bridgehead atoms. The monoisotopic (exact) mass is 218 g/mol. The van der Waals surface area contributed by atoms with Gasteiger partial charge < -0.3 is 11.1 Å². The minimum absolute atomic E-state index is 0.0463. The van der Waals surface area contributed by atoms with Crippen LogP contribution in [0, 0.1) is 5.92 Å². The Morgan fingerprint density at radius 3 is 2.56 bits per heavy atom.